The van der Waals surface area contributed by atoms with Gasteiger partial charge >= 0.3 is 0 Å². The maximum atomic E-state index is 13.2. The Morgan fingerprint density at radius 2 is 1.76 bits per heavy atom. The Bertz CT molecular complexity index is 469. The first-order valence-corrected chi connectivity index (χ1v) is 4.62. The lowest BCUT2D eigenvalue weighted by molar-refractivity contribution is -0.128. The number of hydrogen-bond donors (Lipinski definition) is 0. The molecule has 6 heteroatoms. The summed E-state index contributed by atoms with van der Waals surface area (Å²) >= 11 is 0. The lowest BCUT2D eigenvalue weighted by Crippen LogP contribution is -2.16. The Balaban J connectivity index is 2.97. The predicted octanol–water partition coefficient (Wildman–Crippen LogP) is 2.68. The Hall–Kier alpha value is -1.72. The number of hydrogen-bond acceptors (Lipinski definition) is 2. The fourth-order valence-corrected chi connectivity index (χ4v) is 1.19. The minimum atomic E-state index is -3.29. The first kappa shape index (κ1) is 13.3. The molecule has 92 valence electrons. The van der Waals surface area contributed by atoms with Crippen molar-refractivity contribution in [2.45, 2.75) is 19.8 Å². The van der Waals surface area contributed by atoms with Crippen molar-refractivity contribution in [3.63, 3.8) is 0 Å². The van der Waals surface area contributed by atoms with E-state index in [4.69, 9.17) is 0 Å². The summed E-state index contributed by atoms with van der Waals surface area (Å²) in [7, 11) is 0. The van der Waals surface area contributed by atoms with Crippen LogP contribution in [0.3, 0.4) is 0 Å². The van der Waals surface area contributed by atoms with E-state index in [1.807, 2.05) is 0 Å². The van der Waals surface area contributed by atoms with E-state index in [1.165, 1.54) is 6.92 Å². The minimum Gasteiger partial charge on any atom is -0.294 e. The van der Waals surface area contributed by atoms with E-state index in [2.05, 4.69) is 0 Å². The molecule has 0 aliphatic carbocycles. The van der Waals surface area contributed by atoms with Gasteiger partial charge in [-0.15, -0.1) is 0 Å². The van der Waals surface area contributed by atoms with Crippen molar-refractivity contribution < 1.29 is 27.2 Å². The number of halogens is 4. The lowest BCUT2D eigenvalue weighted by Gasteiger charge is -2.04. The Kier molecular flexibility index (Phi) is 3.98. The highest BCUT2D eigenvalue weighted by Crippen LogP contribution is 2.16. The maximum absolute atomic E-state index is 13.2. The zero-order valence-corrected chi connectivity index (χ0v) is 8.77. The van der Waals surface area contributed by atoms with Crippen LogP contribution in [0, 0.1) is 18.6 Å². The van der Waals surface area contributed by atoms with Crippen LogP contribution in [0.2, 0.25) is 0 Å². The van der Waals surface area contributed by atoms with Crippen LogP contribution in [0.5, 0.6) is 0 Å². The molecule has 0 spiro atoms. The second-order valence-corrected chi connectivity index (χ2v) is 3.45. The van der Waals surface area contributed by atoms with Gasteiger partial charge in [0, 0.05) is 0 Å². The van der Waals surface area contributed by atoms with Gasteiger partial charge in [0.25, 0.3) is 6.43 Å². The minimum absolute atomic E-state index is 0.0146. The normalized spacial score (nSPS) is 10.7. The van der Waals surface area contributed by atoms with Crippen LogP contribution in [0.4, 0.5) is 17.6 Å². The zero-order valence-electron chi connectivity index (χ0n) is 8.77. The molecule has 0 saturated carbocycles. The van der Waals surface area contributed by atoms with Crippen molar-refractivity contribution in [2.75, 3.05) is 0 Å². The summed E-state index contributed by atoms with van der Waals surface area (Å²) in [6.07, 6.45) is -4.44. The summed E-state index contributed by atoms with van der Waals surface area (Å²) in [5, 5.41) is 0. The standard InChI is InChI=1S/C11H8F4O2/c1-5-2-8(13)6(3-7(5)12)9(16)4-10(17)11(14)15/h2-3,11H,4H2,1H3. The average Bonchev–Trinajstić information content (AvgIpc) is 2.22. The molecule has 2 nitrogen and oxygen atoms in total. The zero-order chi connectivity index (χ0) is 13.2. The Labute approximate surface area is 94.2 Å². The summed E-state index contributed by atoms with van der Waals surface area (Å²) in [6.45, 7) is 1.29. The number of aryl methyl sites for hydroxylation is 1. The summed E-state index contributed by atoms with van der Waals surface area (Å²) in [4.78, 5) is 21.9. The van der Waals surface area contributed by atoms with Gasteiger partial charge in [-0.25, -0.2) is 17.6 Å². The van der Waals surface area contributed by atoms with Gasteiger partial charge in [0.2, 0.25) is 5.78 Å². The SMILES string of the molecule is Cc1cc(F)c(C(=O)CC(=O)C(F)F)cc1F. The number of alkyl halides is 2. The van der Waals surface area contributed by atoms with Crippen LogP contribution in [0.25, 0.3) is 0 Å². The van der Waals surface area contributed by atoms with Gasteiger partial charge in [0.15, 0.2) is 5.78 Å². The van der Waals surface area contributed by atoms with E-state index in [-0.39, 0.29) is 5.56 Å². The third-order valence-electron chi connectivity index (χ3n) is 2.13. The van der Waals surface area contributed by atoms with Crippen LogP contribution in [-0.2, 0) is 4.79 Å². The van der Waals surface area contributed by atoms with Gasteiger partial charge in [0.1, 0.15) is 11.6 Å². The molecule has 0 aliphatic heterocycles. The second-order valence-electron chi connectivity index (χ2n) is 3.45. The molecule has 0 fully saturated rings. The van der Waals surface area contributed by atoms with E-state index < -0.39 is 41.6 Å². The van der Waals surface area contributed by atoms with Crippen molar-refractivity contribution >= 4 is 11.6 Å². The van der Waals surface area contributed by atoms with E-state index >= 15 is 0 Å². The molecule has 0 radical (unpaired) electrons. The number of rotatable bonds is 4. The number of carbonyl (C=O) groups is 2. The number of ketones is 2. The second kappa shape index (κ2) is 5.07. The molecule has 0 heterocycles. The summed E-state index contributed by atoms with van der Waals surface area (Å²) in [5.74, 6) is -4.64. The van der Waals surface area contributed by atoms with E-state index in [9.17, 15) is 27.2 Å². The molecule has 0 aliphatic rings. The molecule has 0 unspecified atom stereocenters. The quantitative estimate of drug-likeness (QED) is 0.466. The van der Waals surface area contributed by atoms with Crippen molar-refractivity contribution in [3.05, 3.63) is 34.9 Å². The fraction of sp³-hybridized carbons (Fsp3) is 0.273. The van der Waals surface area contributed by atoms with E-state index in [0.717, 1.165) is 6.07 Å². The number of carbonyl (C=O) groups excluding carboxylic acids is 2. The predicted molar refractivity (Wildman–Crippen MR) is 51.1 cm³/mol. The van der Waals surface area contributed by atoms with Crippen molar-refractivity contribution in [2.24, 2.45) is 0 Å². The van der Waals surface area contributed by atoms with E-state index in [1.54, 1.807) is 0 Å². The van der Waals surface area contributed by atoms with Crippen LogP contribution >= 0.6 is 0 Å². The van der Waals surface area contributed by atoms with Crippen LogP contribution < -0.4 is 0 Å². The molecule has 0 aromatic heterocycles. The van der Waals surface area contributed by atoms with Crippen molar-refractivity contribution in [1.82, 2.24) is 0 Å². The smallest absolute Gasteiger partial charge is 0.294 e. The summed E-state index contributed by atoms with van der Waals surface area (Å²) in [5.41, 5.74) is -0.707. The van der Waals surface area contributed by atoms with Gasteiger partial charge in [-0.1, -0.05) is 0 Å². The summed E-state index contributed by atoms with van der Waals surface area (Å²) in [6, 6.07) is 1.38. The first-order valence-electron chi connectivity index (χ1n) is 4.62. The highest BCUT2D eigenvalue weighted by molar-refractivity contribution is 6.08. The lowest BCUT2D eigenvalue weighted by atomic mass is 10.0. The largest absolute Gasteiger partial charge is 0.296 e. The van der Waals surface area contributed by atoms with Crippen LogP contribution in [-0.4, -0.2) is 18.0 Å². The third kappa shape index (κ3) is 3.12. The van der Waals surface area contributed by atoms with Crippen molar-refractivity contribution in [3.8, 4) is 0 Å². The first-order chi connectivity index (χ1) is 7.82. The highest BCUT2D eigenvalue weighted by atomic mass is 19.3. The Morgan fingerprint density at radius 1 is 1.18 bits per heavy atom. The highest BCUT2D eigenvalue weighted by Gasteiger charge is 2.22. The number of benzene rings is 1. The van der Waals surface area contributed by atoms with Gasteiger partial charge < -0.3 is 0 Å². The maximum Gasteiger partial charge on any atom is 0.296 e. The van der Waals surface area contributed by atoms with Gasteiger partial charge in [-0.05, 0) is 24.6 Å². The van der Waals surface area contributed by atoms with Gasteiger partial charge in [0.05, 0.1) is 12.0 Å². The molecule has 0 amide bonds. The Morgan fingerprint density at radius 3 is 2.29 bits per heavy atom. The van der Waals surface area contributed by atoms with E-state index in [0.29, 0.717) is 6.07 Å². The molecule has 17 heavy (non-hydrogen) atoms. The molecule has 1 rings (SSSR count). The van der Waals surface area contributed by atoms with Gasteiger partial charge in [-0.3, -0.25) is 9.59 Å². The molecule has 0 atom stereocenters. The summed E-state index contributed by atoms with van der Waals surface area (Å²) < 4.78 is 50.1. The topological polar surface area (TPSA) is 34.1 Å². The monoisotopic (exact) mass is 248 g/mol. The molecular formula is C11H8F4O2. The van der Waals surface area contributed by atoms with Gasteiger partial charge in [-0.2, -0.15) is 0 Å². The van der Waals surface area contributed by atoms with Crippen LogP contribution in [0.15, 0.2) is 12.1 Å². The third-order valence-corrected chi connectivity index (χ3v) is 2.13. The molecule has 0 bridgehead atoms. The van der Waals surface area contributed by atoms with Crippen molar-refractivity contribution in [1.29, 1.82) is 0 Å². The molecular weight excluding hydrogens is 240 g/mol. The fourth-order valence-electron chi connectivity index (χ4n) is 1.19. The molecule has 1 aromatic rings. The molecule has 1 aromatic carbocycles. The molecule has 0 saturated heterocycles. The average molecular weight is 248 g/mol. The number of Topliss-reactive ketones (excluding diaryl/α,β-unsaturated/α-hetero) is 2. The molecule has 0 N–H and O–H groups in total. The van der Waals surface area contributed by atoms with Crippen LogP contribution in [0.1, 0.15) is 22.3 Å².